The lowest BCUT2D eigenvalue weighted by Gasteiger charge is -2.53. The van der Waals surface area contributed by atoms with Gasteiger partial charge in [-0.25, -0.2) is 4.79 Å². The number of carbonyl (C=O) groups is 1. The first-order chi connectivity index (χ1) is 16.9. The molecule has 2 bridgehead atoms. The summed E-state index contributed by atoms with van der Waals surface area (Å²) in [5.74, 6) is 0.462. The molecule has 3 aromatic rings. The number of hydrogen-bond donors (Lipinski definition) is 2. The second-order valence-corrected chi connectivity index (χ2v) is 10.9. The van der Waals surface area contributed by atoms with Crippen molar-refractivity contribution in [1.29, 1.82) is 0 Å². The van der Waals surface area contributed by atoms with E-state index in [0.717, 1.165) is 78.9 Å². The first-order valence-corrected chi connectivity index (χ1v) is 12.7. The summed E-state index contributed by atoms with van der Waals surface area (Å²) in [7, 11) is 0. The van der Waals surface area contributed by atoms with Gasteiger partial charge >= 0.3 is 5.97 Å². The Bertz CT molecular complexity index is 1230. The van der Waals surface area contributed by atoms with E-state index >= 15 is 0 Å². The smallest absolute Gasteiger partial charge is 0.335 e. The van der Waals surface area contributed by atoms with Gasteiger partial charge in [0.25, 0.3) is 0 Å². The molecule has 2 aliphatic heterocycles. The predicted molar refractivity (Wildman–Crippen MR) is 134 cm³/mol. The zero-order valence-corrected chi connectivity index (χ0v) is 20.5. The number of carboxylic acids is 1. The van der Waals surface area contributed by atoms with Crippen LogP contribution in [0.2, 0.25) is 5.02 Å². The van der Waals surface area contributed by atoms with Crippen molar-refractivity contribution in [2.75, 3.05) is 18.5 Å². The van der Waals surface area contributed by atoms with E-state index in [1.165, 1.54) is 0 Å². The number of carboxylic acid groups (broad SMARTS) is 1. The van der Waals surface area contributed by atoms with Gasteiger partial charge in [-0.15, -0.1) is 0 Å². The highest BCUT2D eigenvalue weighted by Gasteiger charge is 2.50. The summed E-state index contributed by atoms with van der Waals surface area (Å²) in [6, 6.07) is 13.1. The fourth-order valence-electron chi connectivity index (χ4n) is 5.76. The van der Waals surface area contributed by atoms with Gasteiger partial charge in [0.2, 0.25) is 0 Å². The second-order valence-electron chi connectivity index (χ2n) is 10.5. The van der Waals surface area contributed by atoms with Crippen LogP contribution >= 0.6 is 11.6 Å². The molecule has 182 valence electrons. The fourth-order valence-corrected chi connectivity index (χ4v) is 6.07. The zero-order chi connectivity index (χ0) is 24.2. The number of anilines is 1. The van der Waals surface area contributed by atoms with Crippen LogP contribution in [0.5, 0.6) is 0 Å². The van der Waals surface area contributed by atoms with Gasteiger partial charge in [-0.3, -0.25) is 0 Å². The molecule has 1 aromatic heterocycles. The summed E-state index contributed by atoms with van der Waals surface area (Å²) in [6.07, 6.45) is 6.20. The maximum Gasteiger partial charge on any atom is 0.335 e. The van der Waals surface area contributed by atoms with Crippen molar-refractivity contribution >= 4 is 23.3 Å². The third kappa shape index (κ3) is 3.93. The highest BCUT2D eigenvalue weighted by molar-refractivity contribution is 6.33. The number of rotatable bonds is 7. The lowest BCUT2D eigenvalue weighted by molar-refractivity contribution is -0.185. The van der Waals surface area contributed by atoms with Gasteiger partial charge in [-0.2, -0.15) is 0 Å². The van der Waals surface area contributed by atoms with Crippen LogP contribution in [-0.4, -0.2) is 29.4 Å². The Morgan fingerprint density at radius 1 is 1.14 bits per heavy atom. The quantitative estimate of drug-likeness (QED) is 0.378. The van der Waals surface area contributed by atoms with E-state index in [4.69, 9.17) is 20.9 Å². The molecule has 2 saturated heterocycles. The zero-order valence-electron chi connectivity index (χ0n) is 19.8. The number of aromatic nitrogens is 1. The van der Waals surface area contributed by atoms with Gasteiger partial charge in [0.15, 0.2) is 5.76 Å². The molecule has 4 fully saturated rings. The van der Waals surface area contributed by atoms with Gasteiger partial charge in [0.05, 0.1) is 22.8 Å². The van der Waals surface area contributed by atoms with Crippen molar-refractivity contribution in [3.8, 4) is 11.3 Å². The number of aromatic carboxylic acids is 1. The van der Waals surface area contributed by atoms with E-state index in [9.17, 15) is 9.90 Å². The fraction of sp³-hybridized carbons (Fsp3) is 0.429. The topological polar surface area (TPSA) is 84.6 Å². The molecule has 2 aliphatic carbocycles. The molecule has 6 nitrogen and oxygen atoms in total. The van der Waals surface area contributed by atoms with Crippen molar-refractivity contribution < 1.29 is 19.2 Å². The highest BCUT2D eigenvalue weighted by atomic mass is 35.5. The number of ether oxygens (including phenoxy) is 1. The Balaban J connectivity index is 1.22. The molecule has 0 unspecified atom stereocenters. The van der Waals surface area contributed by atoms with Crippen LogP contribution in [-0.2, 0) is 10.3 Å². The minimum Gasteiger partial charge on any atom is -0.478 e. The molecule has 2 saturated carbocycles. The van der Waals surface area contributed by atoms with Crippen molar-refractivity contribution in [3.63, 3.8) is 0 Å². The van der Waals surface area contributed by atoms with Crippen molar-refractivity contribution in [2.24, 2.45) is 5.41 Å². The van der Waals surface area contributed by atoms with E-state index in [0.29, 0.717) is 23.1 Å². The third-order valence-corrected chi connectivity index (χ3v) is 8.51. The number of benzene rings is 2. The van der Waals surface area contributed by atoms with Crippen molar-refractivity contribution in [3.05, 3.63) is 69.9 Å². The van der Waals surface area contributed by atoms with Crippen LogP contribution in [0.1, 0.15) is 71.7 Å². The van der Waals surface area contributed by atoms with Crippen LogP contribution in [0, 0.1) is 12.3 Å². The molecule has 0 spiro atoms. The molecule has 0 amide bonds. The monoisotopic (exact) mass is 492 g/mol. The lowest BCUT2D eigenvalue weighted by atomic mass is 9.64. The standard InChI is InChI=1S/C28H29ClN2O4/c1-17-3-2-4-21(29)22(17)23-24(25(35-31-23)18-5-6-18)30-15-27-11-13-28(14-12-27,34-16-27)20-9-7-19(8-10-20)26(32)33/h2-4,7-10,18,30H,5-6,11-16H2,1H3,(H,32,33). The molecule has 0 atom stereocenters. The lowest BCUT2D eigenvalue weighted by Crippen LogP contribution is -2.52. The molecule has 0 radical (unpaired) electrons. The number of nitrogens with zero attached hydrogens (tertiary/aromatic N) is 1. The van der Waals surface area contributed by atoms with Crippen LogP contribution in [0.15, 0.2) is 47.0 Å². The van der Waals surface area contributed by atoms with E-state index in [1.807, 2.05) is 37.3 Å². The minimum absolute atomic E-state index is 0.0492. The average molecular weight is 493 g/mol. The Morgan fingerprint density at radius 2 is 1.89 bits per heavy atom. The molecule has 2 aromatic carbocycles. The largest absolute Gasteiger partial charge is 0.478 e. The Kier molecular flexibility index (Phi) is 5.42. The van der Waals surface area contributed by atoms with Gasteiger partial charge < -0.3 is 19.7 Å². The summed E-state index contributed by atoms with van der Waals surface area (Å²) in [5.41, 5.74) is 4.90. The average Bonchev–Trinajstić information content (AvgIpc) is 3.64. The van der Waals surface area contributed by atoms with Gasteiger partial charge in [0.1, 0.15) is 11.4 Å². The van der Waals surface area contributed by atoms with E-state index in [-0.39, 0.29) is 11.0 Å². The predicted octanol–water partition coefficient (Wildman–Crippen LogP) is 6.78. The van der Waals surface area contributed by atoms with Crippen LogP contribution in [0.3, 0.4) is 0 Å². The summed E-state index contributed by atoms with van der Waals surface area (Å²) in [4.78, 5) is 11.2. The number of aryl methyl sites for hydroxylation is 1. The molecule has 35 heavy (non-hydrogen) atoms. The molecule has 2 N–H and O–H groups in total. The molecular weight excluding hydrogens is 464 g/mol. The molecule has 4 aliphatic rings. The highest BCUT2D eigenvalue weighted by Crippen LogP contribution is 2.54. The van der Waals surface area contributed by atoms with Crippen LogP contribution < -0.4 is 5.32 Å². The van der Waals surface area contributed by atoms with E-state index < -0.39 is 5.97 Å². The minimum atomic E-state index is -0.905. The van der Waals surface area contributed by atoms with E-state index in [2.05, 4.69) is 10.5 Å². The van der Waals surface area contributed by atoms with Crippen molar-refractivity contribution in [1.82, 2.24) is 5.16 Å². The maximum atomic E-state index is 11.2. The van der Waals surface area contributed by atoms with Crippen molar-refractivity contribution in [2.45, 2.75) is 57.0 Å². The SMILES string of the molecule is Cc1cccc(Cl)c1-c1noc(C2CC2)c1NCC12CCC(c3ccc(C(=O)O)cc3)(CC1)OC2. The molecule has 3 heterocycles. The third-order valence-electron chi connectivity index (χ3n) is 8.20. The normalized spacial score (nSPS) is 25.5. The summed E-state index contributed by atoms with van der Waals surface area (Å²) < 4.78 is 12.4. The van der Waals surface area contributed by atoms with Crippen LogP contribution in [0.25, 0.3) is 11.3 Å². The van der Waals surface area contributed by atoms with E-state index in [1.54, 1.807) is 12.1 Å². The summed E-state index contributed by atoms with van der Waals surface area (Å²) in [5, 5.41) is 18.1. The summed E-state index contributed by atoms with van der Waals surface area (Å²) in [6.45, 7) is 3.51. The summed E-state index contributed by atoms with van der Waals surface area (Å²) >= 11 is 6.59. The Labute approximate surface area is 209 Å². The number of fused-ring (bicyclic) bond motifs is 3. The van der Waals surface area contributed by atoms with Crippen LogP contribution in [0.4, 0.5) is 5.69 Å². The van der Waals surface area contributed by atoms with Gasteiger partial charge in [-0.1, -0.05) is 41.0 Å². The number of hydrogen-bond acceptors (Lipinski definition) is 5. The Morgan fingerprint density at radius 3 is 2.49 bits per heavy atom. The Hall–Kier alpha value is -2.83. The first-order valence-electron chi connectivity index (χ1n) is 12.4. The number of nitrogens with one attached hydrogen (secondary N) is 1. The first kappa shape index (κ1) is 22.6. The second kappa shape index (κ2) is 8.38. The molecule has 7 rings (SSSR count). The number of halogens is 1. The molecule has 7 heteroatoms. The maximum absolute atomic E-state index is 11.2. The van der Waals surface area contributed by atoms with Gasteiger partial charge in [0, 0.05) is 23.4 Å². The van der Waals surface area contributed by atoms with Gasteiger partial charge in [-0.05, 0) is 74.8 Å². The molecular formula is C28H29ClN2O4.